The molecule has 0 fully saturated rings. The van der Waals surface area contributed by atoms with Gasteiger partial charge in [-0.15, -0.1) is 0 Å². The molecule has 0 amide bonds. The highest BCUT2D eigenvalue weighted by Crippen LogP contribution is 2.41. The average molecular weight is 506 g/mol. The molecule has 2 nitrogen and oxygen atoms in total. The van der Waals surface area contributed by atoms with Crippen molar-refractivity contribution in [1.82, 2.24) is 4.98 Å². The van der Waals surface area contributed by atoms with E-state index >= 15 is 0 Å². The molecule has 3 rings (SSSR count). The molecule has 0 aliphatic carbocycles. The van der Waals surface area contributed by atoms with Crippen LogP contribution in [0.3, 0.4) is 0 Å². The van der Waals surface area contributed by atoms with Crippen molar-refractivity contribution in [2.24, 2.45) is 0 Å². The predicted octanol–water partition coefficient (Wildman–Crippen LogP) is 8.88. The summed E-state index contributed by atoms with van der Waals surface area (Å²) < 4.78 is 39.4. The van der Waals surface area contributed by atoms with Crippen LogP contribution in [0.2, 0.25) is 20.1 Å². The summed E-state index contributed by atoms with van der Waals surface area (Å²) in [6.07, 6.45) is -2.92. The van der Waals surface area contributed by atoms with E-state index in [9.17, 15) is 13.2 Å². The van der Waals surface area contributed by atoms with E-state index in [4.69, 9.17) is 46.4 Å². The zero-order chi connectivity index (χ0) is 22.6. The van der Waals surface area contributed by atoms with Gasteiger partial charge in [-0.1, -0.05) is 76.7 Å². The van der Waals surface area contributed by atoms with E-state index in [1.807, 2.05) is 0 Å². The van der Waals surface area contributed by atoms with Crippen LogP contribution in [-0.4, -0.2) is 11.2 Å². The van der Waals surface area contributed by atoms with Crippen LogP contribution in [0.15, 0.2) is 66.9 Å². The highest BCUT2D eigenvalue weighted by Gasteiger charge is 2.28. The monoisotopic (exact) mass is 504 g/mol. The molecular weight excluding hydrogens is 491 g/mol. The lowest BCUT2D eigenvalue weighted by Crippen LogP contribution is -2.16. The number of aromatic nitrogens is 1. The Kier molecular flexibility index (Phi) is 7.76. The van der Waals surface area contributed by atoms with Crippen molar-refractivity contribution >= 4 is 57.8 Å². The van der Waals surface area contributed by atoms with Crippen LogP contribution in [0.5, 0.6) is 0 Å². The zero-order valence-corrected chi connectivity index (χ0v) is 18.8. The minimum Gasteiger partial charge on any atom is -0.359 e. The van der Waals surface area contributed by atoms with Gasteiger partial charge in [0.25, 0.3) is 0 Å². The molecule has 0 saturated carbocycles. The molecule has 1 N–H and O–H groups in total. The minimum atomic E-state index is -4.42. The molecule has 0 aliphatic heterocycles. The molecule has 0 saturated heterocycles. The number of benzene rings is 2. The fraction of sp³-hybridized carbons (Fsp3) is 0.136. The summed E-state index contributed by atoms with van der Waals surface area (Å²) >= 11 is 24.8. The summed E-state index contributed by atoms with van der Waals surface area (Å²) in [6.45, 7) is 0. The van der Waals surface area contributed by atoms with E-state index < -0.39 is 18.6 Å². The average Bonchev–Trinajstić information content (AvgIpc) is 2.71. The number of nitrogens with one attached hydrogen (secondary N) is 1. The largest absolute Gasteiger partial charge is 0.392 e. The van der Waals surface area contributed by atoms with E-state index in [-0.39, 0.29) is 20.6 Å². The summed E-state index contributed by atoms with van der Waals surface area (Å²) in [5, 5.41) is 3.91. The number of rotatable bonds is 6. The van der Waals surface area contributed by atoms with Gasteiger partial charge >= 0.3 is 6.18 Å². The Labute approximate surface area is 197 Å². The highest BCUT2D eigenvalue weighted by atomic mass is 35.5. The van der Waals surface area contributed by atoms with Crippen LogP contribution in [0.4, 0.5) is 19.0 Å². The van der Waals surface area contributed by atoms with Gasteiger partial charge in [0.1, 0.15) is 5.82 Å². The van der Waals surface area contributed by atoms with Gasteiger partial charge in [-0.25, -0.2) is 4.98 Å². The van der Waals surface area contributed by atoms with Gasteiger partial charge in [-0.05, 0) is 47.0 Å². The Morgan fingerprint density at radius 2 is 1.58 bits per heavy atom. The molecule has 1 unspecified atom stereocenters. The maximum Gasteiger partial charge on any atom is 0.392 e. The maximum absolute atomic E-state index is 13.1. The molecule has 1 atom stereocenters. The van der Waals surface area contributed by atoms with E-state index in [2.05, 4.69) is 10.3 Å². The molecule has 31 heavy (non-hydrogen) atoms. The second kappa shape index (κ2) is 10.1. The first-order chi connectivity index (χ1) is 14.7. The van der Waals surface area contributed by atoms with Crippen molar-refractivity contribution in [3.63, 3.8) is 0 Å². The van der Waals surface area contributed by atoms with Crippen molar-refractivity contribution in [3.8, 4) is 0 Å². The number of alkyl halides is 3. The summed E-state index contributed by atoms with van der Waals surface area (Å²) in [7, 11) is 0. The van der Waals surface area contributed by atoms with E-state index in [0.717, 1.165) is 6.08 Å². The molecule has 0 radical (unpaired) electrons. The van der Waals surface area contributed by atoms with Gasteiger partial charge < -0.3 is 5.32 Å². The fourth-order valence-corrected chi connectivity index (χ4v) is 3.82. The molecule has 1 aromatic heterocycles. The van der Waals surface area contributed by atoms with Gasteiger partial charge in [-0.3, -0.25) is 0 Å². The number of pyridine rings is 1. The molecule has 162 valence electrons. The molecule has 9 heteroatoms. The third-order valence-electron chi connectivity index (χ3n) is 4.35. The smallest absolute Gasteiger partial charge is 0.359 e. The SMILES string of the molecule is FC(F)(F)C/C=C(\c1cc(Cl)c(Cl)c(Cl)c1)C(Nc1ccccn1)c1ccccc1Cl. The van der Waals surface area contributed by atoms with Crippen LogP contribution in [0, 0.1) is 0 Å². The molecular formula is C22H15Cl4F3N2. The van der Waals surface area contributed by atoms with E-state index in [1.165, 1.54) is 12.1 Å². The summed E-state index contributed by atoms with van der Waals surface area (Å²) in [4.78, 5) is 4.23. The fourth-order valence-electron chi connectivity index (χ4n) is 2.98. The molecule has 3 aromatic rings. The lowest BCUT2D eigenvalue weighted by molar-refractivity contribution is -0.124. The molecule has 0 aliphatic rings. The zero-order valence-electron chi connectivity index (χ0n) is 15.7. The summed E-state index contributed by atoms with van der Waals surface area (Å²) in [6, 6.07) is 14.2. The van der Waals surface area contributed by atoms with E-state index in [0.29, 0.717) is 22.0 Å². The van der Waals surface area contributed by atoms with Crippen molar-refractivity contribution in [2.75, 3.05) is 5.32 Å². The molecule has 2 aromatic carbocycles. The molecule has 0 spiro atoms. The Hall–Kier alpha value is -1.92. The molecule has 0 bridgehead atoms. The van der Waals surface area contributed by atoms with Crippen LogP contribution in [0.25, 0.3) is 5.57 Å². The third-order valence-corrected chi connectivity index (χ3v) is 5.90. The predicted molar refractivity (Wildman–Crippen MR) is 122 cm³/mol. The first kappa shape index (κ1) is 23.7. The number of nitrogens with zero attached hydrogens (tertiary/aromatic N) is 1. The van der Waals surface area contributed by atoms with Crippen molar-refractivity contribution in [2.45, 2.75) is 18.6 Å². The quantitative estimate of drug-likeness (QED) is 0.338. The maximum atomic E-state index is 13.1. The Bertz CT molecular complexity index is 1060. The van der Waals surface area contributed by atoms with Gasteiger partial charge in [0.05, 0.1) is 27.5 Å². The van der Waals surface area contributed by atoms with Crippen LogP contribution < -0.4 is 5.32 Å². The van der Waals surface area contributed by atoms with Crippen LogP contribution >= 0.6 is 46.4 Å². The standard InChI is InChI=1S/C22H15Cl4F3N2/c23-16-6-2-1-5-15(16)21(31-19-7-3-4-10-30-19)14(8-9-22(27,28)29)13-11-17(24)20(26)18(25)12-13/h1-8,10-12,21H,9H2,(H,30,31)/b14-8+. The van der Waals surface area contributed by atoms with Gasteiger partial charge in [0.2, 0.25) is 0 Å². The van der Waals surface area contributed by atoms with Crippen molar-refractivity contribution < 1.29 is 13.2 Å². The number of hydrogen-bond donors (Lipinski definition) is 1. The summed E-state index contributed by atoms with van der Waals surface area (Å²) in [5.41, 5.74) is 1.21. The Balaban J connectivity index is 2.20. The van der Waals surface area contributed by atoms with Gasteiger partial charge in [-0.2, -0.15) is 13.2 Å². The summed E-state index contributed by atoms with van der Waals surface area (Å²) in [5.74, 6) is 0.455. The van der Waals surface area contributed by atoms with Crippen molar-refractivity contribution in [1.29, 1.82) is 0 Å². The van der Waals surface area contributed by atoms with Crippen LogP contribution in [-0.2, 0) is 0 Å². The first-order valence-corrected chi connectivity index (χ1v) is 10.5. The lowest BCUT2D eigenvalue weighted by Gasteiger charge is -2.25. The normalized spacial score (nSPS) is 13.2. The van der Waals surface area contributed by atoms with Crippen molar-refractivity contribution in [3.05, 3.63) is 98.1 Å². The number of allylic oxidation sites excluding steroid dienone is 1. The number of anilines is 1. The first-order valence-electron chi connectivity index (χ1n) is 8.99. The lowest BCUT2D eigenvalue weighted by atomic mass is 9.91. The van der Waals surface area contributed by atoms with Crippen LogP contribution in [0.1, 0.15) is 23.6 Å². The second-order valence-corrected chi connectivity index (χ2v) is 8.15. The topological polar surface area (TPSA) is 24.9 Å². The highest BCUT2D eigenvalue weighted by molar-refractivity contribution is 6.48. The minimum absolute atomic E-state index is 0.120. The Morgan fingerprint density at radius 1 is 0.935 bits per heavy atom. The molecule has 1 heterocycles. The van der Waals surface area contributed by atoms with Gasteiger partial charge in [0, 0.05) is 11.2 Å². The third kappa shape index (κ3) is 6.30. The number of halogens is 7. The van der Waals surface area contributed by atoms with Gasteiger partial charge in [0.15, 0.2) is 0 Å². The Morgan fingerprint density at radius 3 is 2.16 bits per heavy atom. The number of hydrogen-bond acceptors (Lipinski definition) is 2. The second-order valence-electron chi connectivity index (χ2n) is 6.55. The van der Waals surface area contributed by atoms with E-state index in [1.54, 1.807) is 48.7 Å².